The van der Waals surface area contributed by atoms with E-state index >= 15 is 0 Å². The first kappa shape index (κ1) is 20.4. The van der Waals surface area contributed by atoms with E-state index in [0.717, 1.165) is 0 Å². The Kier molecular flexibility index (Phi) is 6.73. The van der Waals surface area contributed by atoms with Crippen LogP contribution in [0.25, 0.3) is 0 Å². The van der Waals surface area contributed by atoms with Crippen molar-refractivity contribution in [2.24, 2.45) is 0 Å². The number of amides is 1. The predicted molar refractivity (Wildman–Crippen MR) is 99.5 cm³/mol. The molecule has 1 N–H and O–H groups in total. The van der Waals surface area contributed by atoms with Crippen LogP contribution >= 0.6 is 0 Å². The Morgan fingerprint density at radius 1 is 0.958 bits per heavy atom. The molecule has 24 heavy (non-hydrogen) atoms. The molecular formula is C20H32N2O2. The molecule has 0 spiro atoms. The molecule has 0 saturated carbocycles. The van der Waals surface area contributed by atoms with Crippen molar-refractivity contribution in [3.8, 4) is 0 Å². The van der Waals surface area contributed by atoms with E-state index in [1.807, 2.05) is 38.4 Å². The fraction of sp³-hybridized carbons (Fsp3) is 0.600. The third-order valence-corrected chi connectivity index (χ3v) is 4.58. The minimum absolute atomic E-state index is 0.0116. The Morgan fingerprint density at radius 2 is 1.50 bits per heavy atom. The quantitative estimate of drug-likeness (QED) is 0.779. The highest BCUT2D eigenvalue weighted by molar-refractivity contribution is 5.98. The standard InChI is InChI=1S/C20H32N2O2/c1-19(2,3)16-10-8-15(9-11-16)17(23)12-13-18(24)21-14-20(4,5)22(6)7/h8-11H,12-14H2,1-7H3,(H,21,24). The molecule has 0 heterocycles. The van der Waals surface area contributed by atoms with Crippen LogP contribution in [0, 0.1) is 0 Å². The minimum atomic E-state index is -0.109. The molecule has 1 aromatic rings. The number of likely N-dealkylation sites (N-methyl/N-ethyl adjacent to an activating group) is 1. The molecule has 4 nitrogen and oxygen atoms in total. The smallest absolute Gasteiger partial charge is 0.220 e. The molecule has 0 fully saturated rings. The summed E-state index contributed by atoms with van der Waals surface area (Å²) < 4.78 is 0. The topological polar surface area (TPSA) is 49.4 Å². The number of carbonyl (C=O) groups is 2. The van der Waals surface area contributed by atoms with Crippen LogP contribution in [-0.2, 0) is 10.2 Å². The van der Waals surface area contributed by atoms with Crippen molar-refractivity contribution in [2.75, 3.05) is 20.6 Å². The maximum Gasteiger partial charge on any atom is 0.220 e. The molecule has 0 radical (unpaired) electrons. The highest BCUT2D eigenvalue weighted by Crippen LogP contribution is 2.22. The van der Waals surface area contributed by atoms with Crippen molar-refractivity contribution < 1.29 is 9.59 Å². The van der Waals surface area contributed by atoms with Gasteiger partial charge in [-0.05, 0) is 38.9 Å². The van der Waals surface area contributed by atoms with Crippen LogP contribution in [-0.4, -0.2) is 42.8 Å². The van der Waals surface area contributed by atoms with Crippen LogP contribution in [0.5, 0.6) is 0 Å². The summed E-state index contributed by atoms with van der Waals surface area (Å²) >= 11 is 0. The summed E-state index contributed by atoms with van der Waals surface area (Å²) in [4.78, 5) is 26.2. The van der Waals surface area contributed by atoms with Crippen LogP contribution in [0.4, 0.5) is 0 Å². The molecule has 134 valence electrons. The summed E-state index contributed by atoms with van der Waals surface area (Å²) in [5.74, 6) is -0.0675. The van der Waals surface area contributed by atoms with Gasteiger partial charge in [-0.25, -0.2) is 0 Å². The van der Waals surface area contributed by atoms with E-state index in [1.165, 1.54) is 5.56 Å². The van der Waals surface area contributed by atoms with Gasteiger partial charge in [-0.2, -0.15) is 0 Å². The molecule has 0 aliphatic rings. The molecule has 0 saturated heterocycles. The van der Waals surface area contributed by atoms with Gasteiger partial charge in [0.15, 0.2) is 5.78 Å². The van der Waals surface area contributed by atoms with Gasteiger partial charge in [0.05, 0.1) is 0 Å². The monoisotopic (exact) mass is 332 g/mol. The van der Waals surface area contributed by atoms with Gasteiger partial charge in [-0.1, -0.05) is 45.0 Å². The second kappa shape index (κ2) is 7.93. The normalized spacial score (nSPS) is 12.3. The Balaban J connectivity index is 2.50. The minimum Gasteiger partial charge on any atom is -0.354 e. The summed E-state index contributed by atoms with van der Waals surface area (Å²) in [5, 5.41) is 2.91. The summed E-state index contributed by atoms with van der Waals surface area (Å²) in [5.41, 5.74) is 1.83. The fourth-order valence-electron chi connectivity index (χ4n) is 2.09. The van der Waals surface area contributed by atoms with E-state index in [1.54, 1.807) is 0 Å². The van der Waals surface area contributed by atoms with Gasteiger partial charge in [0.2, 0.25) is 5.91 Å². The lowest BCUT2D eigenvalue weighted by Gasteiger charge is -2.32. The lowest BCUT2D eigenvalue weighted by molar-refractivity contribution is -0.121. The molecule has 0 atom stereocenters. The number of Topliss-reactive ketones (excluding diaryl/α,β-unsaturated/α-hetero) is 1. The third kappa shape index (κ3) is 6.08. The Bertz CT molecular complexity index is 566. The first-order valence-electron chi connectivity index (χ1n) is 8.51. The summed E-state index contributed by atoms with van der Waals surface area (Å²) in [7, 11) is 3.97. The van der Waals surface area contributed by atoms with E-state index in [0.29, 0.717) is 12.1 Å². The molecule has 0 aromatic heterocycles. The molecule has 0 aliphatic heterocycles. The summed E-state index contributed by atoms with van der Waals surface area (Å²) in [6.45, 7) is 11.1. The Labute approximate surface area is 146 Å². The number of carbonyl (C=O) groups excluding carboxylic acids is 2. The predicted octanol–water partition coefficient (Wildman–Crippen LogP) is 3.40. The van der Waals surface area contributed by atoms with Gasteiger partial charge >= 0.3 is 0 Å². The molecular weight excluding hydrogens is 300 g/mol. The maximum atomic E-state index is 12.2. The highest BCUT2D eigenvalue weighted by atomic mass is 16.2. The van der Waals surface area contributed by atoms with Crippen molar-refractivity contribution in [2.45, 2.75) is 58.4 Å². The number of hydrogen-bond donors (Lipinski definition) is 1. The molecule has 4 heteroatoms. The average Bonchev–Trinajstić information content (AvgIpc) is 2.49. The number of benzene rings is 1. The molecule has 0 aliphatic carbocycles. The van der Waals surface area contributed by atoms with Gasteiger partial charge < -0.3 is 10.2 Å². The highest BCUT2D eigenvalue weighted by Gasteiger charge is 2.21. The second-order valence-corrected chi connectivity index (χ2v) is 8.23. The van der Waals surface area contributed by atoms with Gasteiger partial charge in [0, 0.05) is 30.5 Å². The lowest BCUT2D eigenvalue weighted by Crippen LogP contribution is -2.48. The zero-order chi connectivity index (χ0) is 18.5. The van der Waals surface area contributed by atoms with E-state index in [9.17, 15) is 9.59 Å². The zero-order valence-electron chi connectivity index (χ0n) is 16.2. The van der Waals surface area contributed by atoms with Crippen molar-refractivity contribution in [1.82, 2.24) is 10.2 Å². The van der Waals surface area contributed by atoms with Crippen LogP contribution in [0.3, 0.4) is 0 Å². The number of nitrogens with zero attached hydrogens (tertiary/aromatic N) is 1. The number of rotatable bonds is 7. The van der Waals surface area contributed by atoms with Gasteiger partial charge in [-0.15, -0.1) is 0 Å². The number of ketones is 1. The Morgan fingerprint density at radius 3 is 1.96 bits per heavy atom. The molecule has 1 aromatic carbocycles. The number of nitrogens with one attached hydrogen (secondary N) is 1. The van der Waals surface area contributed by atoms with Crippen LogP contribution in [0.15, 0.2) is 24.3 Å². The largest absolute Gasteiger partial charge is 0.354 e. The fourth-order valence-corrected chi connectivity index (χ4v) is 2.09. The van der Waals surface area contributed by atoms with Crippen molar-refractivity contribution in [3.05, 3.63) is 35.4 Å². The van der Waals surface area contributed by atoms with Gasteiger partial charge in [0.1, 0.15) is 0 Å². The maximum absolute atomic E-state index is 12.2. The molecule has 1 rings (SSSR count). The molecule has 0 unspecified atom stereocenters. The van der Waals surface area contributed by atoms with Crippen molar-refractivity contribution >= 4 is 11.7 Å². The van der Waals surface area contributed by atoms with Gasteiger partial charge in [0.25, 0.3) is 0 Å². The third-order valence-electron chi connectivity index (χ3n) is 4.58. The van der Waals surface area contributed by atoms with Gasteiger partial charge in [-0.3, -0.25) is 9.59 Å². The van der Waals surface area contributed by atoms with Crippen LogP contribution < -0.4 is 5.32 Å². The van der Waals surface area contributed by atoms with Crippen LogP contribution in [0.1, 0.15) is 63.4 Å². The summed E-state index contributed by atoms with van der Waals surface area (Å²) in [6, 6.07) is 7.70. The first-order chi connectivity index (χ1) is 10.9. The van der Waals surface area contributed by atoms with Crippen molar-refractivity contribution in [1.29, 1.82) is 0 Å². The molecule has 1 amide bonds. The van der Waals surface area contributed by atoms with E-state index in [4.69, 9.17) is 0 Å². The SMILES string of the molecule is CN(C)C(C)(C)CNC(=O)CCC(=O)c1ccc(C(C)(C)C)cc1. The Hall–Kier alpha value is -1.68. The first-order valence-corrected chi connectivity index (χ1v) is 8.51. The second-order valence-electron chi connectivity index (χ2n) is 8.23. The van der Waals surface area contributed by atoms with E-state index < -0.39 is 0 Å². The average molecular weight is 332 g/mol. The van der Waals surface area contributed by atoms with Crippen molar-refractivity contribution in [3.63, 3.8) is 0 Å². The van der Waals surface area contributed by atoms with E-state index in [2.05, 4.69) is 44.8 Å². The summed E-state index contributed by atoms with van der Waals surface area (Å²) in [6.07, 6.45) is 0.465. The molecule has 0 bridgehead atoms. The lowest BCUT2D eigenvalue weighted by atomic mass is 9.86. The van der Waals surface area contributed by atoms with Crippen LogP contribution in [0.2, 0.25) is 0 Å². The number of hydrogen-bond acceptors (Lipinski definition) is 3. The zero-order valence-corrected chi connectivity index (χ0v) is 16.2. The van der Waals surface area contributed by atoms with E-state index in [-0.39, 0.29) is 35.5 Å².